The molecule has 1 fully saturated rings. The first-order valence-corrected chi connectivity index (χ1v) is 11.0. The van der Waals surface area contributed by atoms with Crippen molar-refractivity contribution in [3.63, 3.8) is 0 Å². The van der Waals surface area contributed by atoms with Crippen LogP contribution in [0.2, 0.25) is 0 Å². The van der Waals surface area contributed by atoms with Gasteiger partial charge in [-0.3, -0.25) is 0 Å². The van der Waals surface area contributed by atoms with Crippen molar-refractivity contribution in [2.45, 2.75) is 42.0 Å². The molecule has 2 bridgehead atoms. The van der Waals surface area contributed by atoms with Crippen LogP contribution in [0.3, 0.4) is 0 Å². The third-order valence-corrected chi connectivity index (χ3v) is 7.71. The first kappa shape index (κ1) is 20.4. The minimum atomic E-state index is -5.90. The Morgan fingerprint density at radius 2 is 2.06 bits per heavy atom. The van der Waals surface area contributed by atoms with Crippen molar-refractivity contribution in [2.24, 2.45) is 5.92 Å². The third-order valence-electron chi connectivity index (χ3n) is 6.75. The summed E-state index contributed by atoms with van der Waals surface area (Å²) in [7, 11) is -4.62. The molecule has 12 heteroatoms. The summed E-state index contributed by atoms with van der Waals surface area (Å²) in [6, 6.07) is 2.30. The Kier molecular flexibility index (Phi) is 4.14. The van der Waals surface area contributed by atoms with E-state index in [1.54, 1.807) is 11.0 Å². The van der Waals surface area contributed by atoms with E-state index in [0.717, 1.165) is 6.07 Å². The number of benzene rings is 1. The molecule has 8 nitrogen and oxygen atoms in total. The van der Waals surface area contributed by atoms with Crippen LogP contribution in [0.25, 0.3) is 0 Å². The number of hydrogen-bond acceptors (Lipinski definition) is 7. The van der Waals surface area contributed by atoms with Crippen molar-refractivity contribution in [1.82, 2.24) is 4.90 Å². The van der Waals surface area contributed by atoms with E-state index < -0.39 is 45.1 Å². The quantitative estimate of drug-likeness (QED) is 0.408. The maximum atomic E-state index is 12.9. The standard InChI is InChI=1S/C19H18F3NO7S/c1-28-17(25)23-7-6-18-10-3-4-12(24)16(18)29-15-13(30-31(26,27)19(20,21)22)5-2-9(14(15)18)8-11(10)23/h2-5,10-12,16,24H,6-8H2,1H3/t10?,11?,12-,16-,18?/m0/s1. The van der Waals surface area contributed by atoms with E-state index in [4.69, 9.17) is 9.47 Å². The van der Waals surface area contributed by atoms with Crippen LogP contribution in [0.1, 0.15) is 17.5 Å². The van der Waals surface area contributed by atoms with E-state index in [1.165, 1.54) is 19.3 Å². The maximum absolute atomic E-state index is 12.9. The van der Waals surface area contributed by atoms with Gasteiger partial charge < -0.3 is 23.7 Å². The van der Waals surface area contributed by atoms with Gasteiger partial charge in [-0.15, -0.1) is 0 Å². The molecule has 0 saturated carbocycles. The summed E-state index contributed by atoms with van der Waals surface area (Å²) in [6.07, 6.45) is 1.64. The molecule has 5 rings (SSSR count). The number of methoxy groups -OCH3 is 1. The van der Waals surface area contributed by atoms with Crippen LogP contribution in [0.5, 0.6) is 11.5 Å². The molecule has 0 aromatic heterocycles. The minimum Gasteiger partial charge on any atom is -0.482 e. The van der Waals surface area contributed by atoms with E-state index in [9.17, 15) is 31.5 Å². The molecule has 1 saturated heterocycles. The minimum absolute atomic E-state index is 0.104. The summed E-state index contributed by atoms with van der Waals surface area (Å²) < 4.78 is 77.1. The van der Waals surface area contributed by atoms with E-state index in [0.29, 0.717) is 30.5 Å². The molecule has 0 radical (unpaired) electrons. The van der Waals surface area contributed by atoms with Gasteiger partial charge in [-0.25, -0.2) is 4.79 Å². The molecule has 1 N–H and O–H groups in total. The maximum Gasteiger partial charge on any atom is 0.534 e. The molecule has 1 aromatic rings. The largest absolute Gasteiger partial charge is 0.534 e. The molecular weight excluding hydrogens is 443 g/mol. The lowest BCUT2D eigenvalue weighted by Crippen LogP contribution is -2.66. The van der Waals surface area contributed by atoms with Crippen molar-refractivity contribution >= 4 is 16.2 Å². The van der Waals surface area contributed by atoms with Gasteiger partial charge >= 0.3 is 21.7 Å². The molecule has 1 spiro atoms. The van der Waals surface area contributed by atoms with Gasteiger partial charge in [0.1, 0.15) is 12.2 Å². The Morgan fingerprint density at radius 1 is 1.32 bits per heavy atom. The highest BCUT2D eigenvalue weighted by Gasteiger charge is 2.65. The predicted molar refractivity (Wildman–Crippen MR) is 98.0 cm³/mol. The van der Waals surface area contributed by atoms with Crippen molar-refractivity contribution in [3.8, 4) is 11.5 Å². The number of carbonyl (C=O) groups is 1. The van der Waals surface area contributed by atoms with Crippen LogP contribution in [-0.2, 0) is 26.7 Å². The number of alkyl halides is 3. The second-order valence-electron chi connectivity index (χ2n) is 8.08. The number of aliphatic hydroxyl groups is 1. The molecule has 4 aliphatic rings. The zero-order valence-electron chi connectivity index (χ0n) is 16.1. The first-order chi connectivity index (χ1) is 14.5. The molecule has 2 heterocycles. The zero-order valence-corrected chi connectivity index (χ0v) is 16.9. The molecule has 31 heavy (non-hydrogen) atoms. The van der Waals surface area contributed by atoms with E-state index in [1.807, 2.05) is 0 Å². The molecule has 1 aromatic carbocycles. The number of aliphatic hydroxyl groups excluding tert-OH is 1. The Labute approximate surface area is 175 Å². The fourth-order valence-corrected chi connectivity index (χ4v) is 6.08. The van der Waals surface area contributed by atoms with Gasteiger partial charge in [0, 0.05) is 29.5 Å². The van der Waals surface area contributed by atoms with Crippen LogP contribution in [0.15, 0.2) is 24.3 Å². The summed E-state index contributed by atoms with van der Waals surface area (Å²) in [4.78, 5) is 13.9. The second kappa shape index (κ2) is 6.28. The Balaban J connectivity index is 1.67. The SMILES string of the molecule is COC(=O)N1CCC23c4c5ccc(OS(=O)(=O)C(F)(F)F)c4O[C@H]2[C@@H](O)C=CC3C1C5. The highest BCUT2D eigenvalue weighted by atomic mass is 32.2. The predicted octanol–water partition coefficient (Wildman–Crippen LogP) is 1.86. The average Bonchev–Trinajstić information content (AvgIpc) is 3.04. The lowest BCUT2D eigenvalue weighted by molar-refractivity contribution is -0.0510. The van der Waals surface area contributed by atoms with Gasteiger partial charge in [0.15, 0.2) is 11.5 Å². The summed E-state index contributed by atoms with van der Waals surface area (Å²) in [5, 5.41) is 10.6. The summed E-state index contributed by atoms with van der Waals surface area (Å²) >= 11 is 0. The van der Waals surface area contributed by atoms with Crippen molar-refractivity contribution < 1.29 is 45.1 Å². The van der Waals surface area contributed by atoms with Gasteiger partial charge in [0.05, 0.1) is 7.11 Å². The van der Waals surface area contributed by atoms with Gasteiger partial charge in [0.2, 0.25) is 0 Å². The Bertz CT molecular complexity index is 1100. The number of amides is 1. The number of nitrogens with zero attached hydrogens (tertiary/aromatic N) is 1. The topological polar surface area (TPSA) is 102 Å². The fraction of sp³-hybridized carbons (Fsp3) is 0.526. The van der Waals surface area contributed by atoms with Crippen molar-refractivity contribution in [2.75, 3.05) is 13.7 Å². The molecule has 2 aliphatic carbocycles. The fourth-order valence-electron chi connectivity index (χ4n) is 5.62. The van der Waals surface area contributed by atoms with Gasteiger partial charge in [-0.05, 0) is 24.5 Å². The van der Waals surface area contributed by atoms with Gasteiger partial charge in [0.25, 0.3) is 0 Å². The Morgan fingerprint density at radius 3 is 2.74 bits per heavy atom. The molecular formula is C19H18F3NO7S. The van der Waals surface area contributed by atoms with Crippen LogP contribution < -0.4 is 8.92 Å². The highest BCUT2D eigenvalue weighted by molar-refractivity contribution is 7.88. The summed E-state index contributed by atoms with van der Waals surface area (Å²) in [6.45, 7) is 0.291. The number of ether oxygens (including phenoxy) is 2. The van der Waals surface area contributed by atoms with Crippen LogP contribution in [0.4, 0.5) is 18.0 Å². The number of likely N-dealkylation sites (tertiary alicyclic amines) is 1. The lowest BCUT2D eigenvalue weighted by Gasteiger charge is -2.56. The zero-order chi connectivity index (χ0) is 22.3. The van der Waals surface area contributed by atoms with Crippen molar-refractivity contribution in [3.05, 3.63) is 35.4 Å². The van der Waals surface area contributed by atoms with Gasteiger partial charge in [-0.1, -0.05) is 18.2 Å². The van der Waals surface area contributed by atoms with Crippen molar-refractivity contribution in [1.29, 1.82) is 0 Å². The number of halogens is 3. The average molecular weight is 461 g/mol. The monoisotopic (exact) mass is 461 g/mol. The van der Waals surface area contributed by atoms with E-state index >= 15 is 0 Å². The number of hydrogen-bond donors (Lipinski definition) is 1. The van der Waals surface area contributed by atoms with Crippen LogP contribution in [0, 0.1) is 5.92 Å². The van der Waals surface area contributed by atoms with E-state index in [-0.39, 0.29) is 17.7 Å². The summed E-state index contributed by atoms with van der Waals surface area (Å²) in [5.74, 6) is -0.968. The Hall–Kier alpha value is -2.47. The lowest BCUT2D eigenvalue weighted by atomic mass is 9.53. The molecule has 168 valence electrons. The smallest absolute Gasteiger partial charge is 0.482 e. The van der Waals surface area contributed by atoms with Crippen LogP contribution in [-0.4, -0.2) is 61.9 Å². The third kappa shape index (κ3) is 2.57. The molecule has 2 aliphatic heterocycles. The molecule has 3 unspecified atom stereocenters. The van der Waals surface area contributed by atoms with Gasteiger partial charge in [-0.2, -0.15) is 21.6 Å². The van der Waals surface area contributed by atoms with E-state index in [2.05, 4.69) is 4.18 Å². The highest BCUT2D eigenvalue weighted by Crippen LogP contribution is 2.62. The summed E-state index contributed by atoms with van der Waals surface area (Å²) in [5.41, 5.74) is -5.18. The second-order valence-corrected chi connectivity index (χ2v) is 9.61. The number of piperidine rings is 1. The first-order valence-electron chi connectivity index (χ1n) is 9.56. The van der Waals surface area contributed by atoms with Crippen LogP contribution >= 0.6 is 0 Å². The number of rotatable bonds is 2. The normalized spacial score (nSPS) is 32.9. The molecule has 1 amide bonds. The molecule has 5 atom stereocenters. The number of carbonyl (C=O) groups excluding carboxylic acids is 1.